The van der Waals surface area contributed by atoms with Crippen LogP contribution in [-0.4, -0.2) is 123 Å². The fourth-order valence-electron chi connectivity index (χ4n) is 7.02. The number of hydrogen-bond acceptors (Lipinski definition) is 10. The number of morpholine rings is 1. The molecule has 1 N–H and O–H groups in total. The first kappa shape index (κ1) is 37.5. The Kier molecular flexibility index (Phi) is 11.3. The standard InChI is InChI=1S/C36H55N7O6SSi/c1-36(2,3)49-35(44)42-14-7-8-29(23-42)41-15-13-30(24-41)50(45,46)39-28-11-9-27(10-12-28)32-22-31-33(40-16-18-47-19-17-40)37-25-38-34(31)43(32)26-48-20-21-51(4,5)6/h9-12,22,25,29-30,39H,7-8,13-21,23-24,26H2,1-6H3. The number of carbonyl (C=O) groups is 1. The average molecular weight is 742 g/mol. The van der Waals surface area contributed by atoms with Crippen molar-refractivity contribution in [1.82, 2.24) is 24.3 Å². The van der Waals surface area contributed by atoms with Gasteiger partial charge < -0.3 is 28.6 Å². The molecule has 6 rings (SSSR count). The van der Waals surface area contributed by atoms with Crippen LogP contribution in [0.1, 0.15) is 40.0 Å². The zero-order chi connectivity index (χ0) is 36.4. The van der Waals surface area contributed by atoms with Crippen LogP contribution < -0.4 is 9.62 Å². The van der Waals surface area contributed by atoms with Gasteiger partial charge in [-0.2, -0.15) is 0 Å². The number of sulfonamides is 1. The molecule has 280 valence electrons. The number of rotatable bonds is 11. The molecule has 1 aromatic carbocycles. The van der Waals surface area contributed by atoms with Crippen LogP contribution in [0.25, 0.3) is 22.3 Å². The van der Waals surface area contributed by atoms with Crippen LogP contribution >= 0.6 is 0 Å². The van der Waals surface area contributed by atoms with Crippen LogP contribution in [0.2, 0.25) is 25.7 Å². The molecule has 2 aromatic heterocycles. The van der Waals surface area contributed by atoms with E-state index in [4.69, 9.17) is 14.2 Å². The molecule has 0 spiro atoms. The third kappa shape index (κ3) is 9.41. The summed E-state index contributed by atoms with van der Waals surface area (Å²) in [5, 5.41) is 0.410. The zero-order valence-electron chi connectivity index (χ0n) is 31.1. The van der Waals surface area contributed by atoms with E-state index in [0.29, 0.717) is 64.8 Å². The number of aromatic nitrogens is 3. The van der Waals surface area contributed by atoms with Crippen LogP contribution in [0.3, 0.4) is 0 Å². The number of nitrogens with zero attached hydrogens (tertiary/aromatic N) is 6. The monoisotopic (exact) mass is 741 g/mol. The van der Waals surface area contributed by atoms with Gasteiger partial charge in [-0.25, -0.2) is 23.2 Å². The molecule has 0 aliphatic carbocycles. The van der Waals surface area contributed by atoms with Crippen LogP contribution in [0.5, 0.6) is 0 Å². The lowest BCUT2D eigenvalue weighted by atomic mass is 10.0. The van der Waals surface area contributed by atoms with Crippen LogP contribution in [-0.2, 0) is 31.0 Å². The lowest BCUT2D eigenvalue weighted by molar-refractivity contribution is 0.0124. The largest absolute Gasteiger partial charge is 0.444 e. The fourth-order valence-corrected chi connectivity index (χ4v) is 9.21. The first-order valence-electron chi connectivity index (χ1n) is 18.3. The smallest absolute Gasteiger partial charge is 0.410 e. The number of piperidine rings is 1. The summed E-state index contributed by atoms with van der Waals surface area (Å²) in [6.45, 7) is 18.8. The number of carbonyl (C=O) groups excluding carboxylic acids is 1. The zero-order valence-corrected chi connectivity index (χ0v) is 32.9. The molecule has 3 aliphatic rings. The highest BCUT2D eigenvalue weighted by molar-refractivity contribution is 7.93. The van der Waals surface area contributed by atoms with Crippen LogP contribution in [0.4, 0.5) is 16.3 Å². The highest BCUT2D eigenvalue weighted by atomic mass is 32.2. The van der Waals surface area contributed by atoms with Crippen molar-refractivity contribution >= 4 is 46.7 Å². The van der Waals surface area contributed by atoms with E-state index in [1.54, 1.807) is 11.2 Å². The molecule has 3 fully saturated rings. The minimum Gasteiger partial charge on any atom is -0.444 e. The molecular formula is C36H55N7O6SSi. The number of likely N-dealkylation sites (tertiary alicyclic amines) is 2. The molecule has 1 amide bonds. The van der Waals surface area contributed by atoms with Crippen molar-refractivity contribution < 1.29 is 27.4 Å². The quantitative estimate of drug-likeness (QED) is 0.200. The fraction of sp³-hybridized carbons (Fsp3) is 0.639. The van der Waals surface area contributed by atoms with Gasteiger partial charge in [-0.3, -0.25) is 9.62 Å². The van der Waals surface area contributed by atoms with Gasteiger partial charge >= 0.3 is 6.09 Å². The second kappa shape index (κ2) is 15.4. The molecule has 0 bridgehead atoms. The Hall–Kier alpha value is -3.24. The van der Waals surface area contributed by atoms with E-state index >= 15 is 0 Å². The minimum absolute atomic E-state index is 0.116. The van der Waals surface area contributed by atoms with Crippen molar-refractivity contribution in [3.05, 3.63) is 36.7 Å². The van der Waals surface area contributed by atoms with E-state index in [0.717, 1.165) is 60.1 Å². The number of ether oxygens (including phenoxy) is 3. The first-order valence-corrected chi connectivity index (χ1v) is 23.5. The highest BCUT2D eigenvalue weighted by Crippen LogP contribution is 2.34. The number of benzene rings is 1. The Labute approximate surface area is 303 Å². The van der Waals surface area contributed by atoms with Crippen molar-refractivity contribution in [3.63, 3.8) is 0 Å². The van der Waals surface area contributed by atoms with Crippen molar-refractivity contribution in [2.75, 3.05) is 68.7 Å². The van der Waals surface area contributed by atoms with Gasteiger partial charge in [0.15, 0.2) is 0 Å². The topological polar surface area (TPSA) is 131 Å². The van der Waals surface area contributed by atoms with Crippen molar-refractivity contribution in [2.45, 2.75) is 89.3 Å². The third-order valence-corrected chi connectivity index (χ3v) is 13.3. The Morgan fingerprint density at radius 3 is 2.47 bits per heavy atom. The van der Waals surface area contributed by atoms with Crippen LogP contribution in [0, 0.1) is 0 Å². The Balaban J connectivity index is 1.15. The highest BCUT2D eigenvalue weighted by Gasteiger charge is 2.38. The third-order valence-electron chi connectivity index (χ3n) is 9.82. The Bertz CT molecular complexity index is 1770. The second-order valence-electron chi connectivity index (χ2n) is 16.2. The Morgan fingerprint density at radius 1 is 1.02 bits per heavy atom. The number of amides is 1. The van der Waals surface area contributed by atoms with Gasteiger partial charge in [0.25, 0.3) is 0 Å². The predicted octanol–water partition coefficient (Wildman–Crippen LogP) is 5.46. The molecular weight excluding hydrogens is 687 g/mol. The molecule has 15 heteroatoms. The maximum absolute atomic E-state index is 13.6. The average Bonchev–Trinajstić information content (AvgIpc) is 3.73. The summed E-state index contributed by atoms with van der Waals surface area (Å²) in [5.41, 5.74) is 2.63. The maximum atomic E-state index is 13.6. The molecule has 3 aromatic rings. The van der Waals surface area contributed by atoms with Gasteiger partial charge in [-0.15, -0.1) is 0 Å². The number of hydrogen-bond donors (Lipinski definition) is 1. The lowest BCUT2D eigenvalue weighted by Gasteiger charge is -2.38. The Morgan fingerprint density at radius 2 is 1.76 bits per heavy atom. The molecule has 3 saturated heterocycles. The summed E-state index contributed by atoms with van der Waals surface area (Å²) in [4.78, 5) is 28.3. The van der Waals surface area contributed by atoms with Crippen LogP contribution in [0.15, 0.2) is 36.7 Å². The summed E-state index contributed by atoms with van der Waals surface area (Å²) in [7, 11) is -4.90. The van der Waals surface area contributed by atoms with Crippen molar-refractivity contribution in [1.29, 1.82) is 0 Å². The molecule has 13 nitrogen and oxygen atoms in total. The SMILES string of the molecule is CC(C)(C)OC(=O)N1CCCC(N2CCC(S(=O)(=O)Nc3ccc(-c4cc5c(N6CCOCC6)ncnc5n4COCC[Si](C)(C)C)cc3)C2)C1. The molecule has 3 aliphatic heterocycles. The summed E-state index contributed by atoms with van der Waals surface area (Å²) >= 11 is 0. The molecule has 2 atom stereocenters. The van der Waals surface area contributed by atoms with E-state index in [-0.39, 0.29) is 12.1 Å². The summed E-state index contributed by atoms with van der Waals surface area (Å²) in [6, 6.07) is 10.8. The molecule has 2 unspecified atom stereocenters. The second-order valence-corrected chi connectivity index (χ2v) is 23.8. The van der Waals surface area contributed by atoms with Gasteiger partial charge in [0.2, 0.25) is 10.0 Å². The van der Waals surface area contributed by atoms with Gasteiger partial charge in [0, 0.05) is 59.1 Å². The van der Waals surface area contributed by atoms with E-state index < -0.39 is 28.9 Å². The van der Waals surface area contributed by atoms with Gasteiger partial charge in [-0.05, 0) is 76.4 Å². The lowest BCUT2D eigenvalue weighted by Crippen LogP contribution is -2.50. The van der Waals surface area contributed by atoms with Gasteiger partial charge in [-0.1, -0.05) is 31.8 Å². The summed E-state index contributed by atoms with van der Waals surface area (Å²) in [6.07, 6.45) is 3.65. The van der Waals surface area contributed by atoms with E-state index in [1.807, 2.05) is 45.0 Å². The summed E-state index contributed by atoms with van der Waals surface area (Å²) < 4.78 is 49.6. The van der Waals surface area contributed by atoms with E-state index in [2.05, 4.69) is 54.8 Å². The van der Waals surface area contributed by atoms with E-state index in [1.165, 1.54) is 0 Å². The molecule has 51 heavy (non-hydrogen) atoms. The normalized spacial score (nSPS) is 21.0. The predicted molar refractivity (Wildman–Crippen MR) is 203 cm³/mol. The minimum atomic E-state index is -3.64. The summed E-state index contributed by atoms with van der Waals surface area (Å²) in [5.74, 6) is 0.881. The maximum Gasteiger partial charge on any atom is 0.410 e. The number of nitrogens with one attached hydrogen (secondary N) is 1. The molecule has 0 saturated carbocycles. The van der Waals surface area contributed by atoms with E-state index in [9.17, 15) is 13.2 Å². The van der Waals surface area contributed by atoms with Gasteiger partial charge in [0.1, 0.15) is 30.1 Å². The van der Waals surface area contributed by atoms with Crippen molar-refractivity contribution in [2.24, 2.45) is 0 Å². The molecule has 5 heterocycles. The number of fused-ring (bicyclic) bond motifs is 1. The molecule has 0 radical (unpaired) electrons. The number of anilines is 2. The van der Waals surface area contributed by atoms with Crippen molar-refractivity contribution in [3.8, 4) is 11.3 Å². The first-order chi connectivity index (χ1) is 24.2. The van der Waals surface area contributed by atoms with Gasteiger partial charge in [0.05, 0.1) is 29.5 Å².